The smallest absolute Gasteiger partial charge is 0.222 e. The van der Waals surface area contributed by atoms with E-state index in [-0.39, 0.29) is 10.9 Å². The first kappa shape index (κ1) is 13.7. The summed E-state index contributed by atoms with van der Waals surface area (Å²) in [5, 5.41) is 0.244. The molecule has 0 aromatic rings. The Kier molecular flexibility index (Phi) is 3.85. The van der Waals surface area contributed by atoms with Crippen molar-refractivity contribution < 1.29 is 9.22 Å². The van der Waals surface area contributed by atoms with E-state index in [2.05, 4.69) is 33.9 Å². The van der Waals surface area contributed by atoms with Crippen molar-refractivity contribution in [2.24, 2.45) is 0 Å². The molecule has 3 nitrogen and oxygen atoms in total. The van der Waals surface area contributed by atoms with Crippen LogP contribution in [-0.2, 0) is 9.22 Å². The van der Waals surface area contributed by atoms with E-state index in [1.165, 1.54) is 0 Å². The van der Waals surface area contributed by atoms with Gasteiger partial charge in [0.2, 0.25) is 5.91 Å². The minimum absolute atomic E-state index is 0.244. The summed E-state index contributed by atoms with van der Waals surface area (Å²) in [5.41, 5.74) is 0. The molecular formula is C12H25NO2Si. The van der Waals surface area contributed by atoms with Crippen LogP contribution in [0.2, 0.25) is 18.1 Å². The van der Waals surface area contributed by atoms with Crippen LogP contribution < -0.4 is 0 Å². The van der Waals surface area contributed by atoms with Crippen molar-refractivity contribution in [1.82, 2.24) is 4.90 Å². The third-order valence-corrected chi connectivity index (χ3v) is 8.58. The molecule has 1 heterocycles. The summed E-state index contributed by atoms with van der Waals surface area (Å²) in [5.74, 6) is 0.254. The molecule has 1 aliphatic rings. The van der Waals surface area contributed by atoms with Gasteiger partial charge in [-0.2, -0.15) is 0 Å². The monoisotopic (exact) mass is 243 g/mol. The topological polar surface area (TPSA) is 29.5 Å². The molecule has 1 fully saturated rings. The number of likely N-dealkylation sites (N-methyl/N-ethyl adjacent to an activating group) is 1. The highest BCUT2D eigenvalue weighted by molar-refractivity contribution is 6.74. The second-order valence-electron chi connectivity index (χ2n) is 6.27. The van der Waals surface area contributed by atoms with Crippen LogP contribution in [0.15, 0.2) is 0 Å². The number of amides is 1. The maximum atomic E-state index is 11.4. The minimum Gasteiger partial charge on any atom is -0.415 e. The maximum Gasteiger partial charge on any atom is 0.222 e. The molecule has 1 amide bonds. The van der Waals surface area contributed by atoms with Crippen molar-refractivity contribution in [3.63, 3.8) is 0 Å². The Morgan fingerprint density at radius 3 is 2.38 bits per heavy atom. The van der Waals surface area contributed by atoms with E-state index in [0.29, 0.717) is 19.1 Å². The van der Waals surface area contributed by atoms with Gasteiger partial charge in [0, 0.05) is 13.5 Å². The molecule has 0 spiro atoms. The molecule has 1 atom stereocenters. The fraction of sp³-hybridized carbons (Fsp3) is 0.917. The molecule has 0 aromatic carbocycles. The summed E-state index contributed by atoms with van der Waals surface area (Å²) < 4.78 is 6.14. The predicted octanol–water partition coefficient (Wildman–Crippen LogP) is 2.63. The molecule has 0 bridgehead atoms. The van der Waals surface area contributed by atoms with Gasteiger partial charge in [-0.25, -0.2) is 0 Å². The molecule has 16 heavy (non-hydrogen) atoms. The Balaban J connectivity index is 2.49. The first-order chi connectivity index (χ1) is 7.15. The first-order valence-electron chi connectivity index (χ1n) is 6.05. The van der Waals surface area contributed by atoms with Gasteiger partial charge in [0.05, 0.1) is 12.6 Å². The van der Waals surface area contributed by atoms with Crippen molar-refractivity contribution in [1.29, 1.82) is 0 Å². The summed E-state index contributed by atoms with van der Waals surface area (Å²) in [6.07, 6.45) is 1.63. The largest absolute Gasteiger partial charge is 0.415 e. The van der Waals surface area contributed by atoms with E-state index in [1.807, 2.05) is 11.9 Å². The van der Waals surface area contributed by atoms with Crippen molar-refractivity contribution >= 4 is 14.2 Å². The number of carbonyl (C=O) groups excluding carboxylic acids is 1. The quantitative estimate of drug-likeness (QED) is 0.713. The second-order valence-corrected chi connectivity index (χ2v) is 11.1. The van der Waals surface area contributed by atoms with Gasteiger partial charge in [0.25, 0.3) is 0 Å². The van der Waals surface area contributed by atoms with Crippen LogP contribution >= 0.6 is 0 Å². The zero-order valence-electron chi connectivity index (χ0n) is 11.5. The Labute approximate surface area is 100 Å². The normalized spacial score (nSPS) is 23.0. The van der Waals surface area contributed by atoms with E-state index in [0.717, 1.165) is 6.42 Å². The van der Waals surface area contributed by atoms with E-state index in [4.69, 9.17) is 4.43 Å². The van der Waals surface area contributed by atoms with Gasteiger partial charge < -0.3 is 9.33 Å². The maximum absolute atomic E-state index is 11.4. The van der Waals surface area contributed by atoms with Crippen molar-refractivity contribution in [3.8, 4) is 0 Å². The van der Waals surface area contributed by atoms with Crippen molar-refractivity contribution in [2.45, 2.75) is 57.8 Å². The zero-order chi connectivity index (χ0) is 12.6. The van der Waals surface area contributed by atoms with Gasteiger partial charge in [-0.3, -0.25) is 4.79 Å². The molecule has 0 saturated carbocycles. The van der Waals surface area contributed by atoms with Crippen LogP contribution in [-0.4, -0.2) is 38.8 Å². The highest BCUT2D eigenvalue weighted by atomic mass is 28.4. The number of likely N-dealkylation sites (tertiary alicyclic amines) is 1. The van der Waals surface area contributed by atoms with Gasteiger partial charge >= 0.3 is 0 Å². The standard InChI is InChI=1S/C12H25NO2Si/c1-12(2,3)16(5,6)15-9-10-7-8-11(14)13(10)4/h10H,7-9H2,1-6H3/t10-/m1/s1. The summed E-state index contributed by atoms with van der Waals surface area (Å²) in [4.78, 5) is 13.2. The summed E-state index contributed by atoms with van der Waals surface area (Å²) in [6.45, 7) is 11.9. The first-order valence-corrected chi connectivity index (χ1v) is 8.95. The van der Waals surface area contributed by atoms with Gasteiger partial charge in [0.1, 0.15) is 0 Å². The molecule has 0 aliphatic carbocycles. The number of nitrogens with zero attached hydrogens (tertiary/aromatic N) is 1. The lowest BCUT2D eigenvalue weighted by molar-refractivity contribution is -0.128. The lowest BCUT2D eigenvalue weighted by Gasteiger charge is -2.37. The summed E-state index contributed by atoms with van der Waals surface area (Å²) in [7, 11) is 0.222. The minimum atomic E-state index is -1.66. The summed E-state index contributed by atoms with van der Waals surface area (Å²) in [6, 6.07) is 0.293. The molecular weight excluding hydrogens is 218 g/mol. The lowest BCUT2D eigenvalue weighted by Crippen LogP contribution is -2.44. The second kappa shape index (κ2) is 4.49. The van der Waals surface area contributed by atoms with Crippen molar-refractivity contribution in [3.05, 3.63) is 0 Å². The third-order valence-electron chi connectivity index (χ3n) is 4.08. The van der Waals surface area contributed by atoms with Gasteiger partial charge in [-0.05, 0) is 24.6 Å². The molecule has 4 heteroatoms. The van der Waals surface area contributed by atoms with Crippen LogP contribution in [0.4, 0.5) is 0 Å². The molecule has 1 aliphatic heterocycles. The van der Waals surface area contributed by atoms with Crippen LogP contribution in [0, 0.1) is 0 Å². The Morgan fingerprint density at radius 1 is 1.44 bits per heavy atom. The molecule has 94 valence electrons. The van der Waals surface area contributed by atoms with E-state index < -0.39 is 8.32 Å². The molecule has 1 saturated heterocycles. The van der Waals surface area contributed by atoms with Crippen LogP contribution in [0.25, 0.3) is 0 Å². The number of hydrogen-bond donors (Lipinski definition) is 0. The van der Waals surface area contributed by atoms with Gasteiger partial charge in [-0.1, -0.05) is 20.8 Å². The fourth-order valence-corrected chi connectivity index (χ4v) is 2.62. The highest BCUT2D eigenvalue weighted by Gasteiger charge is 2.38. The van der Waals surface area contributed by atoms with E-state index in [1.54, 1.807) is 0 Å². The van der Waals surface area contributed by atoms with Gasteiger partial charge in [0.15, 0.2) is 8.32 Å². The number of hydrogen-bond acceptors (Lipinski definition) is 2. The predicted molar refractivity (Wildman–Crippen MR) is 68.9 cm³/mol. The Morgan fingerprint density at radius 2 is 2.00 bits per heavy atom. The average molecular weight is 243 g/mol. The Hall–Kier alpha value is -0.353. The van der Waals surface area contributed by atoms with Crippen LogP contribution in [0.3, 0.4) is 0 Å². The Bertz CT molecular complexity index is 271. The number of rotatable bonds is 3. The number of carbonyl (C=O) groups is 1. The SMILES string of the molecule is CN1C(=O)CC[C@@H]1CO[Si](C)(C)C(C)(C)C. The summed E-state index contributed by atoms with van der Waals surface area (Å²) >= 11 is 0. The molecule has 1 rings (SSSR count). The molecule has 0 unspecified atom stereocenters. The molecule has 0 aromatic heterocycles. The van der Waals surface area contributed by atoms with E-state index in [9.17, 15) is 4.79 Å². The fourth-order valence-electron chi connectivity index (χ4n) is 1.58. The van der Waals surface area contributed by atoms with Crippen LogP contribution in [0.1, 0.15) is 33.6 Å². The van der Waals surface area contributed by atoms with Crippen LogP contribution in [0.5, 0.6) is 0 Å². The highest BCUT2D eigenvalue weighted by Crippen LogP contribution is 2.37. The third kappa shape index (κ3) is 2.86. The lowest BCUT2D eigenvalue weighted by atomic mass is 10.2. The zero-order valence-corrected chi connectivity index (χ0v) is 12.5. The van der Waals surface area contributed by atoms with E-state index >= 15 is 0 Å². The average Bonchev–Trinajstić information content (AvgIpc) is 2.43. The van der Waals surface area contributed by atoms with Crippen molar-refractivity contribution in [2.75, 3.05) is 13.7 Å². The molecule has 0 N–H and O–H groups in total. The molecule has 0 radical (unpaired) electrons. The van der Waals surface area contributed by atoms with Gasteiger partial charge in [-0.15, -0.1) is 0 Å².